The molecule has 20 heavy (non-hydrogen) atoms. The molecule has 2 N–H and O–H groups in total. The Morgan fingerprint density at radius 1 is 1.15 bits per heavy atom. The van der Waals surface area contributed by atoms with Gasteiger partial charge in [0.25, 0.3) is 0 Å². The highest BCUT2D eigenvalue weighted by Crippen LogP contribution is 2.28. The van der Waals surface area contributed by atoms with Gasteiger partial charge in [-0.2, -0.15) is 0 Å². The highest BCUT2D eigenvalue weighted by atomic mass is 19.1. The average Bonchev–Trinajstić information content (AvgIpc) is 2.49. The highest BCUT2D eigenvalue weighted by Gasteiger charge is 2.25. The molecule has 2 aromatic rings. The zero-order valence-electron chi connectivity index (χ0n) is 11.1. The molecule has 1 unspecified atom stereocenters. The summed E-state index contributed by atoms with van der Waals surface area (Å²) in [6.45, 7) is 0. The fraction of sp³-hybridized carbons (Fsp3) is 0.235. The van der Waals surface area contributed by atoms with Crippen molar-refractivity contribution in [3.8, 4) is 0 Å². The van der Waals surface area contributed by atoms with E-state index in [1.807, 2.05) is 12.1 Å². The van der Waals surface area contributed by atoms with E-state index < -0.39 is 5.82 Å². The molecular weight excluding hydrogens is 253 g/mol. The first-order chi connectivity index (χ1) is 9.65. The number of hydrogen-bond donors (Lipinski definition) is 1. The van der Waals surface area contributed by atoms with Crippen molar-refractivity contribution in [1.29, 1.82) is 0 Å². The Morgan fingerprint density at radius 2 is 1.90 bits per heavy atom. The lowest BCUT2D eigenvalue weighted by atomic mass is 9.80. The van der Waals surface area contributed by atoms with Crippen LogP contribution in [0.2, 0.25) is 0 Å². The second kappa shape index (κ2) is 5.08. The van der Waals surface area contributed by atoms with E-state index in [0.717, 1.165) is 19.3 Å². The van der Waals surface area contributed by atoms with Crippen LogP contribution in [0.3, 0.4) is 0 Å². The summed E-state index contributed by atoms with van der Waals surface area (Å²) in [5, 5.41) is 0. The van der Waals surface area contributed by atoms with Crippen LogP contribution in [-0.4, -0.2) is 5.78 Å². The lowest BCUT2D eigenvalue weighted by Crippen LogP contribution is -2.23. The fourth-order valence-electron chi connectivity index (χ4n) is 2.84. The summed E-state index contributed by atoms with van der Waals surface area (Å²) in [6, 6.07) is 12.5. The van der Waals surface area contributed by atoms with Gasteiger partial charge in [-0.05, 0) is 48.6 Å². The van der Waals surface area contributed by atoms with E-state index in [-0.39, 0.29) is 17.4 Å². The van der Waals surface area contributed by atoms with Gasteiger partial charge in [-0.3, -0.25) is 4.79 Å². The molecular formula is C17H16FNO. The van der Waals surface area contributed by atoms with Crippen LogP contribution in [-0.2, 0) is 12.8 Å². The predicted molar refractivity (Wildman–Crippen MR) is 77.1 cm³/mol. The van der Waals surface area contributed by atoms with Gasteiger partial charge >= 0.3 is 0 Å². The molecule has 0 aliphatic heterocycles. The molecule has 0 spiro atoms. The molecule has 2 nitrogen and oxygen atoms in total. The van der Waals surface area contributed by atoms with Crippen LogP contribution in [0.4, 0.5) is 10.1 Å². The Bertz CT molecular complexity index is 666. The maximum Gasteiger partial charge on any atom is 0.166 e. The Morgan fingerprint density at radius 3 is 2.65 bits per heavy atom. The molecule has 1 aliphatic carbocycles. The number of ketones is 1. The normalized spacial score (nSPS) is 17.6. The van der Waals surface area contributed by atoms with Crippen LogP contribution >= 0.6 is 0 Å². The average molecular weight is 269 g/mol. The van der Waals surface area contributed by atoms with Crippen molar-refractivity contribution < 1.29 is 9.18 Å². The van der Waals surface area contributed by atoms with Gasteiger partial charge in [-0.25, -0.2) is 4.39 Å². The molecule has 3 rings (SSSR count). The van der Waals surface area contributed by atoms with Gasteiger partial charge in [0.2, 0.25) is 0 Å². The second-order valence-corrected chi connectivity index (χ2v) is 5.31. The quantitative estimate of drug-likeness (QED) is 0.670. The third kappa shape index (κ3) is 2.31. The summed E-state index contributed by atoms with van der Waals surface area (Å²) in [7, 11) is 0. The Kier molecular flexibility index (Phi) is 3.26. The van der Waals surface area contributed by atoms with Crippen LogP contribution in [0.25, 0.3) is 0 Å². The summed E-state index contributed by atoms with van der Waals surface area (Å²) in [5.41, 5.74) is 8.49. The van der Waals surface area contributed by atoms with E-state index in [0.29, 0.717) is 5.56 Å². The third-order valence-electron chi connectivity index (χ3n) is 4.00. The molecule has 0 saturated carbocycles. The Labute approximate surface area is 117 Å². The first kappa shape index (κ1) is 12.9. The van der Waals surface area contributed by atoms with Crippen molar-refractivity contribution in [1.82, 2.24) is 0 Å². The first-order valence-corrected chi connectivity index (χ1v) is 6.81. The van der Waals surface area contributed by atoms with Crippen molar-refractivity contribution in [2.24, 2.45) is 5.92 Å². The molecule has 1 aliphatic rings. The number of benzene rings is 2. The van der Waals surface area contributed by atoms with E-state index >= 15 is 0 Å². The van der Waals surface area contributed by atoms with Crippen LogP contribution < -0.4 is 5.73 Å². The van der Waals surface area contributed by atoms with E-state index in [9.17, 15) is 9.18 Å². The summed E-state index contributed by atoms with van der Waals surface area (Å²) >= 11 is 0. The molecule has 102 valence electrons. The van der Waals surface area contributed by atoms with E-state index in [4.69, 9.17) is 5.73 Å². The zero-order chi connectivity index (χ0) is 14.1. The number of hydrogen-bond acceptors (Lipinski definition) is 2. The van der Waals surface area contributed by atoms with E-state index in [1.54, 1.807) is 6.07 Å². The summed E-state index contributed by atoms with van der Waals surface area (Å²) in [4.78, 5) is 12.5. The van der Waals surface area contributed by atoms with Gasteiger partial charge in [0.15, 0.2) is 5.78 Å². The zero-order valence-corrected chi connectivity index (χ0v) is 11.1. The minimum Gasteiger partial charge on any atom is -0.396 e. The van der Waals surface area contributed by atoms with Crippen LogP contribution in [0.15, 0.2) is 42.5 Å². The molecule has 0 saturated heterocycles. The van der Waals surface area contributed by atoms with Crippen molar-refractivity contribution in [3.05, 3.63) is 65.0 Å². The fourth-order valence-corrected chi connectivity index (χ4v) is 2.84. The summed E-state index contributed by atoms with van der Waals surface area (Å²) < 4.78 is 13.5. The lowest BCUT2D eigenvalue weighted by molar-refractivity contribution is 0.0908. The molecule has 1 atom stereocenters. The van der Waals surface area contributed by atoms with E-state index in [2.05, 4.69) is 12.1 Å². The first-order valence-electron chi connectivity index (χ1n) is 6.81. The smallest absolute Gasteiger partial charge is 0.166 e. The van der Waals surface area contributed by atoms with Gasteiger partial charge in [0.1, 0.15) is 5.82 Å². The third-order valence-corrected chi connectivity index (χ3v) is 4.00. The molecule has 3 heteroatoms. The van der Waals surface area contributed by atoms with Crippen LogP contribution in [0.1, 0.15) is 27.9 Å². The largest absolute Gasteiger partial charge is 0.396 e. The number of nitrogen functional groups attached to an aromatic ring is 1. The monoisotopic (exact) mass is 269 g/mol. The Hall–Kier alpha value is -2.16. The van der Waals surface area contributed by atoms with Gasteiger partial charge in [-0.15, -0.1) is 0 Å². The van der Waals surface area contributed by atoms with Gasteiger partial charge < -0.3 is 5.73 Å². The summed E-state index contributed by atoms with van der Waals surface area (Å²) in [5.74, 6) is -0.571. The topological polar surface area (TPSA) is 43.1 Å². The minimum atomic E-state index is -0.521. The molecule has 0 fully saturated rings. The standard InChI is InChI=1S/C17H16FNO/c18-15-10-14(7-8-16(15)19)17(20)13-6-5-11-3-1-2-4-12(11)9-13/h1-4,7-8,10,13H,5-6,9,19H2. The Balaban J connectivity index is 1.84. The molecule has 0 heterocycles. The molecule has 2 aromatic carbocycles. The van der Waals surface area contributed by atoms with Crippen molar-refractivity contribution in [3.63, 3.8) is 0 Å². The maximum absolute atomic E-state index is 13.5. The van der Waals surface area contributed by atoms with Crippen molar-refractivity contribution >= 4 is 11.5 Å². The van der Waals surface area contributed by atoms with Crippen molar-refractivity contribution in [2.45, 2.75) is 19.3 Å². The molecule has 0 radical (unpaired) electrons. The van der Waals surface area contributed by atoms with Gasteiger partial charge in [0.05, 0.1) is 5.69 Å². The number of carbonyl (C=O) groups excluding carboxylic acids is 1. The molecule has 0 aromatic heterocycles. The van der Waals surface area contributed by atoms with Gasteiger partial charge in [0, 0.05) is 11.5 Å². The molecule has 0 bridgehead atoms. The lowest BCUT2D eigenvalue weighted by Gasteiger charge is -2.23. The molecule has 0 amide bonds. The van der Waals surface area contributed by atoms with E-state index in [1.165, 1.54) is 23.3 Å². The number of nitrogens with two attached hydrogens (primary N) is 1. The minimum absolute atomic E-state index is 0.0124. The maximum atomic E-state index is 13.5. The van der Waals surface area contributed by atoms with Crippen molar-refractivity contribution in [2.75, 3.05) is 5.73 Å². The van der Waals surface area contributed by atoms with Crippen LogP contribution in [0.5, 0.6) is 0 Å². The second-order valence-electron chi connectivity index (χ2n) is 5.31. The summed E-state index contributed by atoms with van der Waals surface area (Å²) in [6.07, 6.45) is 2.47. The number of carbonyl (C=O) groups is 1. The number of anilines is 1. The number of Topliss-reactive ketones (excluding diaryl/α,β-unsaturated/α-hetero) is 1. The number of aryl methyl sites for hydroxylation is 1. The predicted octanol–water partition coefficient (Wildman–Crippen LogP) is 3.40. The van der Waals surface area contributed by atoms with Gasteiger partial charge in [-0.1, -0.05) is 24.3 Å². The van der Waals surface area contributed by atoms with Crippen LogP contribution in [0, 0.1) is 11.7 Å². The number of halogens is 1. The SMILES string of the molecule is Nc1ccc(C(=O)C2CCc3ccccc3C2)cc1F. The number of rotatable bonds is 2. The highest BCUT2D eigenvalue weighted by molar-refractivity contribution is 5.98. The number of fused-ring (bicyclic) bond motifs is 1.